The van der Waals surface area contributed by atoms with Crippen LogP contribution in [0.5, 0.6) is 0 Å². The smallest absolute Gasteiger partial charge is 0.160 e. The van der Waals surface area contributed by atoms with Crippen LogP contribution in [0.4, 0.5) is 11.4 Å². The quantitative estimate of drug-likeness (QED) is 0.167. The van der Waals surface area contributed by atoms with Crippen LogP contribution in [0.3, 0.4) is 0 Å². The molecule has 0 radical (unpaired) electrons. The second-order valence-corrected chi connectivity index (χ2v) is 18.2. The lowest BCUT2D eigenvalue weighted by atomic mass is 9.81. The van der Waals surface area contributed by atoms with Gasteiger partial charge in [0.2, 0.25) is 0 Å². The fraction of sp³-hybridized carbons (Fsp3) is 0.0820. The molecule has 1 aliphatic heterocycles. The maximum absolute atomic E-state index is 5.45. The largest absolute Gasteiger partial charge is 0.333 e. The summed E-state index contributed by atoms with van der Waals surface area (Å²) in [5.74, 6) is 0.920. The standard InChI is InChI=1S/C61H44N4/c1-61(2)52-25-12-9-22-46(52)47-31-28-40(37-53(47)61)39-16-15-17-41(34-39)54-38-55(42-29-32-58-50(35-42)48-23-10-13-26-56(48)64(58)44-18-5-3-6-19-44)63-60(62-54)43-30-33-59-51(36-43)49-24-11-14-27-57(49)65(59)45-20-7-4-8-21-45/h3-38,49,57H,1-2H3. The highest BCUT2D eigenvalue weighted by molar-refractivity contribution is 6.10. The third-order valence-corrected chi connectivity index (χ3v) is 14.1. The zero-order valence-electron chi connectivity index (χ0n) is 36.2. The lowest BCUT2D eigenvalue weighted by Gasteiger charge is -2.28. The molecule has 0 bridgehead atoms. The SMILES string of the molecule is CC1(C)c2ccccc2-c2ccc(-c3cccc(-c4cc(-c5ccc6c(c5)c5ccccc5n6-c5ccccc5)nc(-c5ccc6c(c5)C5C=CC=CC5N6c5ccccc5)n4)c3)cc21. The molecule has 2 aromatic heterocycles. The summed E-state index contributed by atoms with van der Waals surface area (Å²) in [5.41, 5.74) is 19.7. The van der Waals surface area contributed by atoms with E-state index in [9.17, 15) is 0 Å². The maximum atomic E-state index is 5.45. The average Bonchev–Trinajstić information content (AvgIpc) is 3.96. The van der Waals surface area contributed by atoms with Crippen LogP contribution in [0.15, 0.2) is 218 Å². The Kier molecular flexibility index (Phi) is 8.35. The topological polar surface area (TPSA) is 34.0 Å². The molecule has 0 N–H and O–H groups in total. The molecule has 2 atom stereocenters. The molecular formula is C61H44N4. The molecule has 13 rings (SSSR count). The molecule has 2 aliphatic carbocycles. The highest BCUT2D eigenvalue weighted by Crippen LogP contribution is 2.51. The van der Waals surface area contributed by atoms with Gasteiger partial charge in [0, 0.05) is 55.9 Å². The van der Waals surface area contributed by atoms with Gasteiger partial charge in [-0.25, -0.2) is 9.97 Å². The molecule has 4 heteroatoms. The Morgan fingerprint density at radius 1 is 0.446 bits per heavy atom. The van der Waals surface area contributed by atoms with Crippen molar-refractivity contribution in [3.63, 3.8) is 0 Å². The van der Waals surface area contributed by atoms with E-state index in [2.05, 4.69) is 242 Å². The van der Waals surface area contributed by atoms with Crippen molar-refractivity contribution in [1.29, 1.82) is 0 Å². The molecular weight excluding hydrogens is 789 g/mol. The van der Waals surface area contributed by atoms with Gasteiger partial charge in [0.05, 0.1) is 28.5 Å². The van der Waals surface area contributed by atoms with Crippen LogP contribution in [0.1, 0.15) is 36.5 Å². The Hall–Kier alpha value is -8.08. The van der Waals surface area contributed by atoms with Crippen molar-refractivity contribution in [2.45, 2.75) is 31.2 Å². The Morgan fingerprint density at radius 2 is 1.09 bits per heavy atom. The van der Waals surface area contributed by atoms with Crippen molar-refractivity contribution in [1.82, 2.24) is 14.5 Å². The molecule has 308 valence electrons. The molecule has 65 heavy (non-hydrogen) atoms. The Bertz CT molecular complexity index is 3590. The number of anilines is 2. The number of hydrogen-bond donors (Lipinski definition) is 0. The van der Waals surface area contributed by atoms with E-state index in [0.717, 1.165) is 44.8 Å². The van der Waals surface area contributed by atoms with Gasteiger partial charge in [-0.1, -0.05) is 153 Å². The first-order chi connectivity index (χ1) is 32.0. The molecule has 8 aromatic carbocycles. The van der Waals surface area contributed by atoms with E-state index in [1.807, 2.05) is 0 Å². The van der Waals surface area contributed by atoms with Crippen LogP contribution in [-0.2, 0) is 5.41 Å². The second-order valence-electron chi connectivity index (χ2n) is 18.2. The summed E-state index contributed by atoms with van der Waals surface area (Å²) in [6.45, 7) is 4.69. The molecule has 3 aliphatic rings. The molecule has 4 nitrogen and oxygen atoms in total. The van der Waals surface area contributed by atoms with Crippen LogP contribution >= 0.6 is 0 Å². The van der Waals surface area contributed by atoms with Crippen LogP contribution in [0, 0.1) is 0 Å². The van der Waals surface area contributed by atoms with Crippen LogP contribution in [-0.4, -0.2) is 20.6 Å². The van der Waals surface area contributed by atoms with Gasteiger partial charge in [-0.05, 0) is 118 Å². The molecule has 0 fully saturated rings. The van der Waals surface area contributed by atoms with Crippen molar-refractivity contribution in [3.05, 3.63) is 235 Å². The molecule has 2 unspecified atom stereocenters. The van der Waals surface area contributed by atoms with Gasteiger partial charge >= 0.3 is 0 Å². The molecule has 0 saturated carbocycles. The van der Waals surface area contributed by atoms with Crippen molar-refractivity contribution in [2.24, 2.45) is 0 Å². The van der Waals surface area contributed by atoms with Crippen LogP contribution in [0.25, 0.3) is 83.6 Å². The number of nitrogens with zero attached hydrogens (tertiary/aromatic N) is 4. The third-order valence-electron chi connectivity index (χ3n) is 14.1. The Balaban J connectivity index is 0.971. The summed E-state index contributed by atoms with van der Waals surface area (Å²) in [5, 5.41) is 2.40. The minimum Gasteiger partial charge on any atom is -0.333 e. The van der Waals surface area contributed by atoms with Gasteiger partial charge in [0.15, 0.2) is 5.82 Å². The first kappa shape index (κ1) is 37.5. The monoisotopic (exact) mass is 832 g/mol. The molecule has 0 saturated heterocycles. The zero-order chi connectivity index (χ0) is 43.2. The van der Waals surface area contributed by atoms with Gasteiger partial charge in [-0.2, -0.15) is 0 Å². The normalized spacial score (nSPS) is 16.4. The summed E-state index contributed by atoms with van der Waals surface area (Å²) in [4.78, 5) is 13.4. The van der Waals surface area contributed by atoms with E-state index in [1.165, 1.54) is 61.0 Å². The lowest BCUT2D eigenvalue weighted by Crippen LogP contribution is -2.28. The number of hydrogen-bond acceptors (Lipinski definition) is 3. The van der Waals surface area contributed by atoms with Gasteiger partial charge < -0.3 is 9.47 Å². The van der Waals surface area contributed by atoms with E-state index >= 15 is 0 Å². The number of para-hydroxylation sites is 3. The summed E-state index contributed by atoms with van der Waals surface area (Å²) in [6, 6.07) is 70.8. The fourth-order valence-corrected chi connectivity index (χ4v) is 11.0. The predicted octanol–water partition coefficient (Wildman–Crippen LogP) is 15.3. The Labute approximate surface area is 379 Å². The van der Waals surface area contributed by atoms with E-state index in [-0.39, 0.29) is 17.4 Å². The highest BCUT2D eigenvalue weighted by Gasteiger charge is 2.38. The number of rotatable bonds is 6. The van der Waals surface area contributed by atoms with Crippen molar-refractivity contribution < 1.29 is 0 Å². The number of allylic oxidation sites excluding steroid dienone is 2. The van der Waals surface area contributed by atoms with E-state index in [0.29, 0.717) is 5.82 Å². The van der Waals surface area contributed by atoms with Crippen molar-refractivity contribution >= 4 is 33.2 Å². The highest BCUT2D eigenvalue weighted by atomic mass is 15.2. The number of fused-ring (bicyclic) bond motifs is 9. The van der Waals surface area contributed by atoms with Gasteiger partial charge in [-0.15, -0.1) is 0 Å². The predicted molar refractivity (Wildman–Crippen MR) is 269 cm³/mol. The minimum absolute atomic E-state index is 0.0811. The fourth-order valence-electron chi connectivity index (χ4n) is 11.0. The first-order valence-electron chi connectivity index (χ1n) is 22.6. The van der Waals surface area contributed by atoms with E-state index in [1.54, 1.807) is 0 Å². The van der Waals surface area contributed by atoms with E-state index in [4.69, 9.17) is 9.97 Å². The average molecular weight is 833 g/mol. The van der Waals surface area contributed by atoms with Crippen LogP contribution in [0.2, 0.25) is 0 Å². The maximum Gasteiger partial charge on any atom is 0.160 e. The Morgan fingerprint density at radius 3 is 1.94 bits per heavy atom. The number of aromatic nitrogens is 3. The van der Waals surface area contributed by atoms with Crippen molar-refractivity contribution in [2.75, 3.05) is 4.90 Å². The van der Waals surface area contributed by atoms with Gasteiger partial charge in [0.1, 0.15) is 0 Å². The summed E-state index contributed by atoms with van der Waals surface area (Å²) in [7, 11) is 0. The van der Waals surface area contributed by atoms with Gasteiger partial charge in [0.25, 0.3) is 0 Å². The molecule has 10 aromatic rings. The second kappa shape index (κ2) is 14.5. The summed E-state index contributed by atoms with van der Waals surface area (Å²) in [6.07, 6.45) is 9.02. The third kappa shape index (κ3) is 5.91. The molecule has 0 amide bonds. The number of benzene rings is 8. The molecule has 0 spiro atoms. The summed E-state index contributed by atoms with van der Waals surface area (Å²) < 4.78 is 2.36. The first-order valence-corrected chi connectivity index (χ1v) is 22.6. The molecule has 3 heterocycles. The minimum atomic E-state index is -0.0811. The lowest BCUT2D eigenvalue weighted by molar-refractivity contribution is 0.660. The zero-order valence-corrected chi connectivity index (χ0v) is 36.2. The summed E-state index contributed by atoms with van der Waals surface area (Å²) >= 11 is 0. The van der Waals surface area contributed by atoms with E-state index < -0.39 is 0 Å². The van der Waals surface area contributed by atoms with Crippen molar-refractivity contribution in [3.8, 4) is 61.8 Å². The van der Waals surface area contributed by atoms with Crippen LogP contribution < -0.4 is 4.90 Å². The van der Waals surface area contributed by atoms with Gasteiger partial charge in [-0.3, -0.25) is 0 Å².